The maximum Gasteiger partial charge on any atom is 0.224 e. The van der Waals surface area contributed by atoms with E-state index in [2.05, 4.69) is 5.10 Å². The van der Waals surface area contributed by atoms with E-state index in [9.17, 15) is 9.90 Å². The first kappa shape index (κ1) is 14.1. The van der Waals surface area contributed by atoms with Gasteiger partial charge in [-0.25, -0.2) is 0 Å². The average molecular weight is 265 g/mol. The second-order valence-electron chi connectivity index (χ2n) is 5.62. The first-order chi connectivity index (χ1) is 8.93. The summed E-state index contributed by atoms with van der Waals surface area (Å²) in [5, 5.41) is 14.4. The van der Waals surface area contributed by atoms with E-state index in [1.54, 1.807) is 4.90 Å². The lowest BCUT2D eigenvalue weighted by molar-refractivity contribution is -0.156. The van der Waals surface area contributed by atoms with Crippen molar-refractivity contribution in [3.63, 3.8) is 0 Å². The molecule has 106 valence electrons. The first-order valence-corrected chi connectivity index (χ1v) is 6.95. The number of aromatic nitrogens is 2. The van der Waals surface area contributed by atoms with Crippen LogP contribution in [0, 0.1) is 13.8 Å². The summed E-state index contributed by atoms with van der Waals surface area (Å²) in [5.41, 5.74) is 1.42. The van der Waals surface area contributed by atoms with Crippen LogP contribution in [0.1, 0.15) is 37.6 Å². The molecule has 2 heterocycles. The Kier molecular flexibility index (Phi) is 3.94. The van der Waals surface area contributed by atoms with Crippen LogP contribution < -0.4 is 0 Å². The van der Waals surface area contributed by atoms with E-state index in [1.165, 1.54) is 0 Å². The zero-order valence-electron chi connectivity index (χ0n) is 12.0. The molecule has 1 aliphatic heterocycles. The van der Waals surface area contributed by atoms with E-state index in [0.29, 0.717) is 26.1 Å². The number of hydrogen-bond acceptors (Lipinski definition) is 3. The van der Waals surface area contributed by atoms with E-state index in [1.807, 2.05) is 31.5 Å². The fraction of sp³-hybridized carbons (Fsp3) is 0.714. The maximum absolute atomic E-state index is 12.0. The van der Waals surface area contributed by atoms with E-state index in [4.69, 9.17) is 0 Å². The Balaban J connectivity index is 1.79. The number of aliphatic hydroxyl groups is 1. The second kappa shape index (κ2) is 5.33. The molecule has 5 nitrogen and oxygen atoms in total. The van der Waals surface area contributed by atoms with Gasteiger partial charge in [-0.3, -0.25) is 9.48 Å². The molecule has 1 fully saturated rings. The summed E-state index contributed by atoms with van der Waals surface area (Å²) in [6.45, 7) is 7.57. The molecule has 1 amide bonds. The summed E-state index contributed by atoms with van der Waals surface area (Å²) >= 11 is 0. The van der Waals surface area contributed by atoms with Crippen LogP contribution in [0.15, 0.2) is 6.07 Å². The first-order valence-electron chi connectivity index (χ1n) is 6.95. The molecule has 0 aliphatic carbocycles. The third-order valence-corrected chi connectivity index (χ3v) is 3.68. The highest BCUT2D eigenvalue weighted by Crippen LogP contribution is 2.26. The second-order valence-corrected chi connectivity index (χ2v) is 5.62. The van der Waals surface area contributed by atoms with Crippen molar-refractivity contribution in [3.05, 3.63) is 17.5 Å². The maximum atomic E-state index is 12.0. The molecule has 2 rings (SSSR count). The van der Waals surface area contributed by atoms with Crippen molar-refractivity contribution in [3.8, 4) is 0 Å². The summed E-state index contributed by atoms with van der Waals surface area (Å²) in [6.07, 6.45) is 2.17. The Labute approximate surface area is 114 Å². The molecule has 19 heavy (non-hydrogen) atoms. The van der Waals surface area contributed by atoms with Gasteiger partial charge in [-0.1, -0.05) is 13.3 Å². The molecule has 1 aromatic heterocycles. The standard InChI is InChI=1S/C14H23N3O2/c1-4-6-14(19)9-16(10-14)13(18)5-7-17-12(3)8-11(2)15-17/h8,19H,4-7,9-10H2,1-3H3. The quantitative estimate of drug-likeness (QED) is 0.872. The summed E-state index contributed by atoms with van der Waals surface area (Å²) in [5.74, 6) is 0.105. The van der Waals surface area contributed by atoms with Crippen LogP contribution in [0.2, 0.25) is 0 Å². The molecule has 1 saturated heterocycles. The monoisotopic (exact) mass is 265 g/mol. The molecule has 0 bridgehead atoms. The van der Waals surface area contributed by atoms with Crippen molar-refractivity contribution in [2.45, 2.75) is 52.2 Å². The number of carbonyl (C=O) groups excluding carboxylic acids is 1. The molecule has 0 radical (unpaired) electrons. The summed E-state index contributed by atoms with van der Waals surface area (Å²) < 4.78 is 1.87. The molecule has 0 atom stereocenters. The highest BCUT2D eigenvalue weighted by atomic mass is 16.3. The van der Waals surface area contributed by atoms with Crippen LogP contribution in [-0.4, -0.2) is 44.4 Å². The van der Waals surface area contributed by atoms with Gasteiger partial charge >= 0.3 is 0 Å². The van der Waals surface area contributed by atoms with Crippen LogP contribution in [0.4, 0.5) is 0 Å². The fourth-order valence-corrected chi connectivity index (χ4v) is 2.73. The third kappa shape index (κ3) is 3.15. The number of nitrogens with zero attached hydrogens (tertiary/aromatic N) is 3. The molecule has 0 unspecified atom stereocenters. The molecular weight excluding hydrogens is 242 g/mol. The van der Waals surface area contributed by atoms with Gasteiger partial charge in [0, 0.05) is 18.7 Å². The van der Waals surface area contributed by atoms with E-state index >= 15 is 0 Å². The molecule has 5 heteroatoms. The summed E-state index contributed by atoms with van der Waals surface area (Å²) in [6, 6.07) is 2.01. The van der Waals surface area contributed by atoms with Gasteiger partial charge in [-0.2, -0.15) is 5.10 Å². The van der Waals surface area contributed by atoms with Crippen molar-refractivity contribution < 1.29 is 9.90 Å². The Bertz CT molecular complexity index is 461. The predicted octanol–water partition coefficient (Wildman–Crippen LogP) is 1.26. The predicted molar refractivity (Wildman–Crippen MR) is 72.8 cm³/mol. The van der Waals surface area contributed by atoms with Crippen molar-refractivity contribution in [2.24, 2.45) is 0 Å². The van der Waals surface area contributed by atoms with Gasteiger partial charge in [-0.15, -0.1) is 0 Å². The number of carbonyl (C=O) groups is 1. The molecule has 0 saturated carbocycles. The van der Waals surface area contributed by atoms with Crippen LogP contribution in [-0.2, 0) is 11.3 Å². The highest BCUT2D eigenvalue weighted by molar-refractivity contribution is 5.77. The molecular formula is C14H23N3O2. The number of amides is 1. The fourth-order valence-electron chi connectivity index (χ4n) is 2.73. The number of aryl methyl sites for hydroxylation is 3. The summed E-state index contributed by atoms with van der Waals surface area (Å²) in [7, 11) is 0. The topological polar surface area (TPSA) is 58.4 Å². The number of hydrogen-bond donors (Lipinski definition) is 1. The molecule has 1 N–H and O–H groups in total. The SMILES string of the molecule is CCCC1(O)CN(C(=O)CCn2nc(C)cc2C)C1. The lowest BCUT2D eigenvalue weighted by Gasteiger charge is -2.46. The zero-order chi connectivity index (χ0) is 14.0. The van der Waals surface area contributed by atoms with Crippen LogP contribution in [0.5, 0.6) is 0 Å². The van der Waals surface area contributed by atoms with E-state index in [-0.39, 0.29) is 5.91 Å². The summed E-state index contributed by atoms with van der Waals surface area (Å²) in [4.78, 5) is 13.7. The van der Waals surface area contributed by atoms with Crippen molar-refractivity contribution in [2.75, 3.05) is 13.1 Å². The lowest BCUT2D eigenvalue weighted by atomic mass is 9.89. The lowest BCUT2D eigenvalue weighted by Crippen LogP contribution is -2.63. The van der Waals surface area contributed by atoms with Gasteiger partial charge in [-0.05, 0) is 26.3 Å². The number of likely N-dealkylation sites (tertiary alicyclic amines) is 1. The third-order valence-electron chi connectivity index (χ3n) is 3.68. The molecule has 1 aromatic rings. The van der Waals surface area contributed by atoms with Gasteiger partial charge in [0.15, 0.2) is 0 Å². The highest BCUT2D eigenvalue weighted by Gasteiger charge is 2.42. The van der Waals surface area contributed by atoms with Crippen molar-refractivity contribution in [1.82, 2.24) is 14.7 Å². The molecule has 0 spiro atoms. The van der Waals surface area contributed by atoms with Crippen LogP contribution in [0.25, 0.3) is 0 Å². The largest absolute Gasteiger partial charge is 0.386 e. The van der Waals surface area contributed by atoms with Gasteiger partial charge in [0.1, 0.15) is 0 Å². The Morgan fingerprint density at radius 2 is 2.16 bits per heavy atom. The smallest absolute Gasteiger partial charge is 0.224 e. The Hall–Kier alpha value is -1.36. The normalized spacial score (nSPS) is 17.4. The minimum atomic E-state index is -0.636. The van der Waals surface area contributed by atoms with Crippen molar-refractivity contribution >= 4 is 5.91 Å². The molecule has 1 aliphatic rings. The van der Waals surface area contributed by atoms with Crippen LogP contribution >= 0.6 is 0 Å². The molecule has 0 aromatic carbocycles. The zero-order valence-corrected chi connectivity index (χ0v) is 12.0. The van der Waals surface area contributed by atoms with Crippen molar-refractivity contribution in [1.29, 1.82) is 0 Å². The Morgan fingerprint density at radius 3 is 2.68 bits per heavy atom. The van der Waals surface area contributed by atoms with Crippen LogP contribution in [0.3, 0.4) is 0 Å². The van der Waals surface area contributed by atoms with Gasteiger partial charge in [0.05, 0.1) is 24.4 Å². The van der Waals surface area contributed by atoms with Gasteiger partial charge < -0.3 is 10.0 Å². The van der Waals surface area contributed by atoms with Gasteiger partial charge in [0.2, 0.25) is 5.91 Å². The minimum absolute atomic E-state index is 0.105. The Morgan fingerprint density at radius 1 is 1.47 bits per heavy atom. The number of rotatable bonds is 5. The van der Waals surface area contributed by atoms with E-state index < -0.39 is 5.60 Å². The van der Waals surface area contributed by atoms with Gasteiger partial charge in [0.25, 0.3) is 0 Å². The average Bonchev–Trinajstić information content (AvgIpc) is 2.62. The minimum Gasteiger partial charge on any atom is -0.386 e. The van der Waals surface area contributed by atoms with E-state index in [0.717, 1.165) is 24.2 Å². The number of β-amino-alcohol motifs (C(OH)–C–C–N with tert-alkyl or cyclic N) is 1.